The van der Waals surface area contributed by atoms with Crippen molar-refractivity contribution < 1.29 is 4.79 Å². The standard InChI is InChI=1S/C20H27N3O/c1-17-8-6-11-19(14-17)22-20(24)15-21-12-7-13-23(2)16-18-9-4-3-5-10-18/h3-6,8-11,14,21H,7,12-13,15-16H2,1-2H3,(H,22,24). The van der Waals surface area contributed by atoms with Gasteiger partial charge in [-0.05, 0) is 56.7 Å². The topological polar surface area (TPSA) is 44.4 Å². The molecule has 4 nitrogen and oxygen atoms in total. The summed E-state index contributed by atoms with van der Waals surface area (Å²) in [5.41, 5.74) is 3.32. The first-order valence-corrected chi connectivity index (χ1v) is 8.43. The van der Waals surface area contributed by atoms with Crippen LogP contribution in [0.15, 0.2) is 54.6 Å². The molecule has 0 aromatic heterocycles. The largest absolute Gasteiger partial charge is 0.325 e. The summed E-state index contributed by atoms with van der Waals surface area (Å²) in [6, 6.07) is 18.3. The molecule has 0 aliphatic rings. The van der Waals surface area contributed by atoms with Gasteiger partial charge in [-0.3, -0.25) is 4.79 Å². The highest BCUT2D eigenvalue weighted by Crippen LogP contribution is 2.08. The minimum absolute atomic E-state index is 0.00163. The SMILES string of the molecule is Cc1cccc(NC(=O)CNCCCN(C)Cc2ccccc2)c1. The van der Waals surface area contributed by atoms with Crippen LogP contribution in [0.4, 0.5) is 5.69 Å². The van der Waals surface area contributed by atoms with E-state index < -0.39 is 0 Å². The van der Waals surface area contributed by atoms with Gasteiger partial charge in [0.1, 0.15) is 0 Å². The predicted molar refractivity (Wildman–Crippen MR) is 100 cm³/mol. The van der Waals surface area contributed by atoms with Crippen molar-refractivity contribution in [2.75, 3.05) is 32.0 Å². The number of hydrogen-bond donors (Lipinski definition) is 2. The van der Waals surface area contributed by atoms with E-state index in [9.17, 15) is 4.79 Å². The van der Waals surface area contributed by atoms with Crippen LogP contribution < -0.4 is 10.6 Å². The summed E-state index contributed by atoms with van der Waals surface area (Å²) >= 11 is 0. The van der Waals surface area contributed by atoms with Gasteiger partial charge in [-0.25, -0.2) is 0 Å². The minimum atomic E-state index is -0.00163. The molecule has 2 rings (SSSR count). The van der Waals surface area contributed by atoms with Crippen molar-refractivity contribution >= 4 is 11.6 Å². The number of carbonyl (C=O) groups excluding carboxylic acids is 1. The summed E-state index contributed by atoms with van der Waals surface area (Å²) in [5, 5.41) is 6.10. The van der Waals surface area contributed by atoms with Crippen molar-refractivity contribution in [2.45, 2.75) is 19.9 Å². The fraction of sp³-hybridized carbons (Fsp3) is 0.350. The highest BCUT2D eigenvalue weighted by molar-refractivity contribution is 5.92. The van der Waals surface area contributed by atoms with Crippen LogP contribution in [-0.2, 0) is 11.3 Å². The summed E-state index contributed by atoms with van der Waals surface area (Å²) in [4.78, 5) is 14.2. The fourth-order valence-corrected chi connectivity index (χ4v) is 2.58. The summed E-state index contributed by atoms with van der Waals surface area (Å²) in [6.07, 6.45) is 1.01. The first kappa shape index (κ1) is 18.2. The van der Waals surface area contributed by atoms with Crippen LogP contribution in [0.25, 0.3) is 0 Å². The van der Waals surface area contributed by atoms with Crippen molar-refractivity contribution in [3.05, 3.63) is 65.7 Å². The van der Waals surface area contributed by atoms with Crippen molar-refractivity contribution in [2.24, 2.45) is 0 Å². The Morgan fingerprint density at radius 1 is 1.08 bits per heavy atom. The van der Waals surface area contributed by atoms with E-state index in [1.807, 2.05) is 37.3 Å². The lowest BCUT2D eigenvalue weighted by Crippen LogP contribution is -2.30. The quantitative estimate of drug-likeness (QED) is 0.697. The van der Waals surface area contributed by atoms with E-state index in [1.165, 1.54) is 5.56 Å². The second kappa shape index (κ2) is 9.85. The number of carbonyl (C=O) groups is 1. The fourth-order valence-electron chi connectivity index (χ4n) is 2.58. The molecule has 2 aromatic carbocycles. The van der Waals surface area contributed by atoms with Crippen LogP contribution in [0.3, 0.4) is 0 Å². The Morgan fingerprint density at radius 3 is 2.62 bits per heavy atom. The van der Waals surface area contributed by atoms with Gasteiger partial charge in [-0.1, -0.05) is 42.5 Å². The number of hydrogen-bond acceptors (Lipinski definition) is 3. The highest BCUT2D eigenvalue weighted by atomic mass is 16.1. The molecule has 0 unspecified atom stereocenters. The number of anilines is 1. The van der Waals surface area contributed by atoms with Gasteiger partial charge in [0, 0.05) is 12.2 Å². The lowest BCUT2D eigenvalue weighted by molar-refractivity contribution is -0.115. The van der Waals surface area contributed by atoms with Gasteiger partial charge in [-0.15, -0.1) is 0 Å². The normalized spacial score (nSPS) is 10.8. The van der Waals surface area contributed by atoms with E-state index >= 15 is 0 Å². The third-order valence-corrected chi connectivity index (χ3v) is 3.78. The molecule has 1 amide bonds. The second-order valence-corrected chi connectivity index (χ2v) is 6.17. The first-order valence-electron chi connectivity index (χ1n) is 8.43. The number of aryl methyl sites for hydroxylation is 1. The maximum atomic E-state index is 11.9. The van der Waals surface area contributed by atoms with Crippen molar-refractivity contribution in [3.63, 3.8) is 0 Å². The average Bonchev–Trinajstić information content (AvgIpc) is 2.55. The van der Waals surface area contributed by atoms with Gasteiger partial charge in [-0.2, -0.15) is 0 Å². The molecule has 0 saturated carbocycles. The summed E-state index contributed by atoms with van der Waals surface area (Å²) in [7, 11) is 2.12. The predicted octanol–water partition coefficient (Wildman–Crippen LogP) is 3.05. The molecule has 2 aromatic rings. The molecule has 0 radical (unpaired) electrons. The Bertz CT molecular complexity index is 628. The third-order valence-electron chi connectivity index (χ3n) is 3.78. The highest BCUT2D eigenvalue weighted by Gasteiger charge is 2.03. The number of amides is 1. The second-order valence-electron chi connectivity index (χ2n) is 6.17. The van der Waals surface area contributed by atoms with E-state index in [2.05, 4.69) is 46.8 Å². The summed E-state index contributed by atoms with van der Waals surface area (Å²) in [5.74, 6) is -0.00163. The Balaban J connectivity index is 1.56. The number of benzene rings is 2. The van der Waals surface area contributed by atoms with Crippen LogP contribution >= 0.6 is 0 Å². The summed E-state index contributed by atoms with van der Waals surface area (Å²) in [6.45, 7) is 5.15. The van der Waals surface area contributed by atoms with E-state index in [0.29, 0.717) is 6.54 Å². The van der Waals surface area contributed by atoms with Crippen LogP contribution in [0.5, 0.6) is 0 Å². The maximum absolute atomic E-state index is 11.9. The minimum Gasteiger partial charge on any atom is -0.325 e. The van der Waals surface area contributed by atoms with Crippen LogP contribution in [0.2, 0.25) is 0 Å². The van der Waals surface area contributed by atoms with Crippen LogP contribution in [-0.4, -0.2) is 37.5 Å². The lowest BCUT2D eigenvalue weighted by atomic mass is 10.2. The Morgan fingerprint density at radius 2 is 1.88 bits per heavy atom. The molecule has 0 bridgehead atoms. The van der Waals surface area contributed by atoms with Crippen molar-refractivity contribution in [1.29, 1.82) is 0 Å². The van der Waals surface area contributed by atoms with E-state index in [0.717, 1.165) is 37.3 Å². The van der Waals surface area contributed by atoms with Crippen LogP contribution in [0, 0.1) is 6.92 Å². The molecule has 4 heteroatoms. The monoisotopic (exact) mass is 325 g/mol. The average molecular weight is 325 g/mol. The van der Waals surface area contributed by atoms with Gasteiger partial charge in [0.05, 0.1) is 6.54 Å². The zero-order valence-electron chi connectivity index (χ0n) is 14.6. The molecular weight excluding hydrogens is 298 g/mol. The molecule has 0 saturated heterocycles. The van der Waals surface area contributed by atoms with E-state index in [-0.39, 0.29) is 5.91 Å². The lowest BCUT2D eigenvalue weighted by Gasteiger charge is -2.16. The molecule has 2 N–H and O–H groups in total. The zero-order valence-corrected chi connectivity index (χ0v) is 14.6. The number of nitrogens with one attached hydrogen (secondary N) is 2. The molecule has 0 aliphatic heterocycles. The Kier molecular flexibility index (Phi) is 7.46. The molecule has 128 valence electrons. The van der Waals surface area contributed by atoms with Crippen LogP contribution in [0.1, 0.15) is 17.5 Å². The number of nitrogens with zero attached hydrogens (tertiary/aromatic N) is 1. The molecule has 24 heavy (non-hydrogen) atoms. The molecule has 0 atom stereocenters. The van der Waals surface area contributed by atoms with Crippen molar-refractivity contribution in [1.82, 2.24) is 10.2 Å². The van der Waals surface area contributed by atoms with Crippen molar-refractivity contribution in [3.8, 4) is 0 Å². The first-order chi connectivity index (χ1) is 11.6. The molecule has 0 heterocycles. The van der Waals surface area contributed by atoms with E-state index in [4.69, 9.17) is 0 Å². The van der Waals surface area contributed by atoms with Gasteiger partial charge in [0.25, 0.3) is 0 Å². The molecule has 0 aliphatic carbocycles. The molecular formula is C20H27N3O. The third kappa shape index (κ3) is 6.94. The Hall–Kier alpha value is -2.17. The number of rotatable bonds is 9. The van der Waals surface area contributed by atoms with Gasteiger partial charge in [0.15, 0.2) is 0 Å². The van der Waals surface area contributed by atoms with E-state index in [1.54, 1.807) is 0 Å². The Labute approximate surface area is 144 Å². The zero-order chi connectivity index (χ0) is 17.2. The molecule has 0 fully saturated rings. The van der Waals surface area contributed by atoms with Gasteiger partial charge < -0.3 is 15.5 Å². The maximum Gasteiger partial charge on any atom is 0.238 e. The van der Waals surface area contributed by atoms with Gasteiger partial charge >= 0.3 is 0 Å². The molecule has 0 spiro atoms. The smallest absolute Gasteiger partial charge is 0.238 e. The van der Waals surface area contributed by atoms with Gasteiger partial charge in [0.2, 0.25) is 5.91 Å². The summed E-state index contributed by atoms with van der Waals surface area (Å²) < 4.78 is 0.